The van der Waals surface area contributed by atoms with Crippen LogP contribution in [0.5, 0.6) is 17.2 Å². The van der Waals surface area contributed by atoms with Gasteiger partial charge in [-0.15, -0.1) is 0 Å². The number of urea groups is 1. The van der Waals surface area contributed by atoms with Gasteiger partial charge in [-0.25, -0.2) is 14.5 Å². The molecule has 166 valence electrons. The quantitative estimate of drug-likeness (QED) is 0.476. The fourth-order valence-corrected chi connectivity index (χ4v) is 3.12. The maximum Gasteiger partial charge on any atom is 0.341 e. The molecule has 0 aromatic heterocycles. The van der Waals surface area contributed by atoms with E-state index in [1.54, 1.807) is 0 Å². The summed E-state index contributed by atoms with van der Waals surface area (Å²) < 4.78 is 15.4. The lowest BCUT2D eigenvalue weighted by atomic mass is 10.1. The van der Waals surface area contributed by atoms with Gasteiger partial charge in [0.25, 0.3) is 11.8 Å². The molecule has 1 aliphatic heterocycles. The Bertz CT molecular complexity index is 1140. The van der Waals surface area contributed by atoms with Gasteiger partial charge in [0, 0.05) is 6.07 Å². The van der Waals surface area contributed by atoms with Crippen molar-refractivity contribution in [2.45, 2.75) is 0 Å². The predicted molar refractivity (Wildman–Crippen MR) is 113 cm³/mol. The summed E-state index contributed by atoms with van der Waals surface area (Å²) >= 11 is 6.09. The molecule has 0 saturated carbocycles. The van der Waals surface area contributed by atoms with E-state index < -0.39 is 30.4 Å². The summed E-state index contributed by atoms with van der Waals surface area (Å²) in [7, 11) is 2.82. The molecule has 0 atom stereocenters. The van der Waals surface area contributed by atoms with Crippen LogP contribution in [0.15, 0.2) is 42.0 Å². The number of carboxylic acids is 1. The second-order valence-electron chi connectivity index (χ2n) is 6.37. The normalized spacial score (nSPS) is 14.9. The van der Waals surface area contributed by atoms with Crippen LogP contribution in [-0.2, 0) is 14.4 Å². The van der Waals surface area contributed by atoms with Crippen LogP contribution >= 0.6 is 11.6 Å². The zero-order valence-electron chi connectivity index (χ0n) is 16.9. The first-order valence-electron chi connectivity index (χ1n) is 9.02. The zero-order valence-corrected chi connectivity index (χ0v) is 17.6. The van der Waals surface area contributed by atoms with Gasteiger partial charge in [0.2, 0.25) is 0 Å². The van der Waals surface area contributed by atoms with Gasteiger partial charge in [0.1, 0.15) is 22.8 Å². The number of barbiturate groups is 1. The number of hydrogen-bond donors (Lipinski definition) is 2. The zero-order chi connectivity index (χ0) is 23.4. The van der Waals surface area contributed by atoms with Crippen molar-refractivity contribution in [3.63, 3.8) is 0 Å². The minimum atomic E-state index is -1.17. The number of carboxylic acid groups (broad SMARTS) is 1. The lowest BCUT2D eigenvalue weighted by Gasteiger charge is -2.27. The van der Waals surface area contributed by atoms with E-state index in [9.17, 15) is 19.2 Å². The van der Waals surface area contributed by atoms with Crippen LogP contribution in [0.2, 0.25) is 5.02 Å². The molecule has 32 heavy (non-hydrogen) atoms. The highest BCUT2D eigenvalue weighted by molar-refractivity contribution is 6.39. The second-order valence-corrected chi connectivity index (χ2v) is 6.78. The Morgan fingerprint density at radius 1 is 1.09 bits per heavy atom. The Morgan fingerprint density at radius 2 is 1.84 bits per heavy atom. The number of anilines is 1. The minimum absolute atomic E-state index is 0.0778. The van der Waals surface area contributed by atoms with Crippen LogP contribution < -0.4 is 24.4 Å². The molecule has 1 heterocycles. The van der Waals surface area contributed by atoms with Crippen LogP contribution in [-0.4, -0.2) is 49.7 Å². The molecule has 0 unspecified atom stereocenters. The summed E-state index contributed by atoms with van der Waals surface area (Å²) in [4.78, 5) is 49.3. The smallest absolute Gasteiger partial charge is 0.341 e. The third-order valence-corrected chi connectivity index (χ3v) is 4.64. The molecule has 2 N–H and O–H groups in total. The van der Waals surface area contributed by atoms with Crippen molar-refractivity contribution in [2.24, 2.45) is 0 Å². The highest BCUT2D eigenvalue weighted by Gasteiger charge is 2.38. The van der Waals surface area contributed by atoms with E-state index in [2.05, 4.69) is 5.32 Å². The van der Waals surface area contributed by atoms with Gasteiger partial charge in [-0.05, 0) is 35.9 Å². The Morgan fingerprint density at radius 3 is 2.47 bits per heavy atom. The molecule has 1 saturated heterocycles. The molecule has 0 bridgehead atoms. The van der Waals surface area contributed by atoms with Gasteiger partial charge in [-0.2, -0.15) is 0 Å². The summed E-state index contributed by atoms with van der Waals surface area (Å²) in [6, 6.07) is 7.81. The van der Waals surface area contributed by atoms with Gasteiger partial charge in [-0.3, -0.25) is 14.9 Å². The monoisotopic (exact) mass is 460 g/mol. The second kappa shape index (κ2) is 9.40. The van der Waals surface area contributed by atoms with Gasteiger partial charge in [-0.1, -0.05) is 17.7 Å². The molecular weight excluding hydrogens is 444 g/mol. The number of aliphatic carboxylic acids is 1. The first kappa shape index (κ1) is 22.6. The molecular formula is C21H17ClN2O8. The SMILES string of the molecule is COc1ccc(N2C(=O)NC(=O)/C(=C\c3ccc(OCC(=O)O)c(Cl)c3)C2=O)c(OC)c1. The summed E-state index contributed by atoms with van der Waals surface area (Å²) in [6.07, 6.45) is 1.25. The van der Waals surface area contributed by atoms with Crippen LogP contribution in [0.1, 0.15) is 5.56 Å². The number of benzene rings is 2. The van der Waals surface area contributed by atoms with Crippen molar-refractivity contribution in [1.82, 2.24) is 5.32 Å². The highest BCUT2D eigenvalue weighted by atomic mass is 35.5. The van der Waals surface area contributed by atoms with Crippen molar-refractivity contribution in [3.05, 3.63) is 52.6 Å². The topological polar surface area (TPSA) is 131 Å². The predicted octanol–water partition coefficient (Wildman–Crippen LogP) is 2.49. The van der Waals surface area contributed by atoms with Crippen molar-refractivity contribution < 1.29 is 38.5 Å². The number of methoxy groups -OCH3 is 2. The molecule has 0 spiro atoms. The van der Waals surface area contributed by atoms with Crippen molar-refractivity contribution >= 4 is 47.2 Å². The fraction of sp³-hybridized carbons (Fsp3) is 0.143. The van der Waals surface area contributed by atoms with Crippen LogP contribution in [0.4, 0.5) is 10.5 Å². The van der Waals surface area contributed by atoms with E-state index in [0.29, 0.717) is 11.3 Å². The molecule has 11 heteroatoms. The molecule has 0 radical (unpaired) electrons. The number of rotatable bonds is 7. The first-order valence-corrected chi connectivity index (χ1v) is 9.40. The largest absolute Gasteiger partial charge is 0.497 e. The van der Waals surface area contributed by atoms with Gasteiger partial charge >= 0.3 is 12.0 Å². The van der Waals surface area contributed by atoms with E-state index in [4.69, 9.17) is 30.9 Å². The van der Waals surface area contributed by atoms with Gasteiger partial charge < -0.3 is 19.3 Å². The van der Waals surface area contributed by atoms with Crippen molar-refractivity contribution in [3.8, 4) is 17.2 Å². The molecule has 4 amide bonds. The summed E-state index contributed by atoms with van der Waals surface area (Å²) in [6.45, 7) is -0.582. The average molecular weight is 461 g/mol. The highest BCUT2D eigenvalue weighted by Crippen LogP contribution is 2.34. The Kier molecular flexibility index (Phi) is 6.64. The third-order valence-electron chi connectivity index (χ3n) is 4.35. The third kappa shape index (κ3) is 4.65. The van der Waals surface area contributed by atoms with E-state index in [1.807, 2.05) is 0 Å². The number of hydrogen-bond acceptors (Lipinski definition) is 7. The molecule has 2 aromatic rings. The number of amides is 4. The van der Waals surface area contributed by atoms with Crippen molar-refractivity contribution in [2.75, 3.05) is 25.7 Å². The molecule has 1 fully saturated rings. The standard InChI is InChI=1S/C21H17ClN2O8/c1-30-12-4-5-15(17(9-12)31-2)24-20(28)13(19(27)23-21(24)29)7-11-3-6-16(14(22)8-11)32-10-18(25)26/h3-9H,10H2,1-2H3,(H,25,26)(H,23,27,29)/b13-7+. The van der Waals surface area contributed by atoms with E-state index in [-0.39, 0.29) is 27.8 Å². The van der Waals surface area contributed by atoms with Gasteiger partial charge in [0.05, 0.1) is 24.9 Å². The maximum absolute atomic E-state index is 13.1. The molecule has 0 aliphatic carbocycles. The van der Waals surface area contributed by atoms with Crippen molar-refractivity contribution in [1.29, 1.82) is 0 Å². The Labute approximate surface area is 186 Å². The minimum Gasteiger partial charge on any atom is -0.497 e. The first-order chi connectivity index (χ1) is 15.2. The maximum atomic E-state index is 13.1. The van der Waals surface area contributed by atoms with Crippen LogP contribution in [0.25, 0.3) is 6.08 Å². The average Bonchev–Trinajstić information content (AvgIpc) is 2.75. The molecule has 10 nitrogen and oxygen atoms in total. The summed E-state index contributed by atoms with van der Waals surface area (Å²) in [5.74, 6) is -2.17. The molecule has 2 aromatic carbocycles. The lowest BCUT2D eigenvalue weighted by Crippen LogP contribution is -2.54. The molecule has 3 rings (SSSR count). The number of imide groups is 2. The Balaban J connectivity index is 1.96. The number of carbonyl (C=O) groups is 4. The number of nitrogens with one attached hydrogen (secondary N) is 1. The van der Waals surface area contributed by atoms with E-state index in [0.717, 1.165) is 4.90 Å². The van der Waals surface area contributed by atoms with Crippen LogP contribution in [0.3, 0.4) is 0 Å². The van der Waals surface area contributed by atoms with Gasteiger partial charge in [0.15, 0.2) is 6.61 Å². The fourth-order valence-electron chi connectivity index (χ4n) is 2.88. The number of nitrogens with zero attached hydrogens (tertiary/aromatic N) is 1. The van der Waals surface area contributed by atoms with E-state index >= 15 is 0 Å². The number of carbonyl (C=O) groups excluding carboxylic acids is 3. The molecule has 1 aliphatic rings. The summed E-state index contributed by atoms with van der Waals surface area (Å²) in [5.41, 5.74) is 0.148. The summed E-state index contributed by atoms with van der Waals surface area (Å²) in [5, 5.41) is 10.9. The number of halogens is 1. The van der Waals surface area contributed by atoms with E-state index in [1.165, 1.54) is 56.7 Å². The Hall–Kier alpha value is -4.05. The van der Waals surface area contributed by atoms with Crippen LogP contribution in [0, 0.1) is 0 Å². The number of ether oxygens (including phenoxy) is 3. The lowest BCUT2D eigenvalue weighted by molar-refractivity contribution is -0.139.